The molecule has 2 aromatic heterocycles. The standard InChI is InChI=1S/C10H6Cl2N2O2S/c11-7-2-1-6(17-7)5-3-4(13)8(12)9(14-5)10(15)16/h1-3H,(H2,13,14)(H,15,16). The lowest BCUT2D eigenvalue weighted by atomic mass is 10.2. The van der Waals surface area contributed by atoms with Gasteiger partial charge in [0.25, 0.3) is 0 Å². The van der Waals surface area contributed by atoms with Crippen molar-refractivity contribution in [2.75, 3.05) is 5.73 Å². The molecule has 0 spiro atoms. The van der Waals surface area contributed by atoms with Gasteiger partial charge in [-0.05, 0) is 18.2 Å². The Balaban J connectivity index is 2.60. The van der Waals surface area contributed by atoms with Gasteiger partial charge in [0.05, 0.1) is 25.6 Å². The summed E-state index contributed by atoms with van der Waals surface area (Å²) in [4.78, 5) is 15.6. The average Bonchev–Trinajstić information content (AvgIpc) is 2.68. The Hall–Kier alpha value is -1.30. The van der Waals surface area contributed by atoms with Crippen LogP contribution in [0.2, 0.25) is 9.36 Å². The Bertz CT molecular complexity index is 598. The first-order valence-corrected chi connectivity index (χ1v) is 6.01. The summed E-state index contributed by atoms with van der Waals surface area (Å²) in [6.45, 7) is 0. The smallest absolute Gasteiger partial charge is 0.356 e. The first kappa shape index (κ1) is 12.2. The van der Waals surface area contributed by atoms with Crippen molar-refractivity contribution in [3.8, 4) is 10.6 Å². The molecule has 0 saturated carbocycles. The summed E-state index contributed by atoms with van der Waals surface area (Å²) in [5.74, 6) is -1.22. The maximum absolute atomic E-state index is 10.9. The molecule has 0 aliphatic carbocycles. The molecule has 0 atom stereocenters. The molecule has 0 saturated heterocycles. The molecular weight excluding hydrogens is 283 g/mol. The van der Waals surface area contributed by atoms with Crippen LogP contribution in [-0.4, -0.2) is 16.1 Å². The van der Waals surface area contributed by atoms with Crippen LogP contribution >= 0.6 is 34.5 Å². The van der Waals surface area contributed by atoms with E-state index in [1.165, 1.54) is 17.4 Å². The van der Waals surface area contributed by atoms with Crippen LogP contribution in [0.3, 0.4) is 0 Å². The number of pyridine rings is 1. The minimum atomic E-state index is -1.22. The van der Waals surface area contributed by atoms with E-state index in [1.54, 1.807) is 12.1 Å². The molecule has 88 valence electrons. The number of thiophene rings is 1. The van der Waals surface area contributed by atoms with Crippen LogP contribution in [0.4, 0.5) is 5.69 Å². The molecule has 0 aliphatic rings. The lowest BCUT2D eigenvalue weighted by Crippen LogP contribution is -2.04. The minimum absolute atomic E-state index is 0.0519. The van der Waals surface area contributed by atoms with E-state index in [4.69, 9.17) is 34.0 Å². The quantitative estimate of drug-likeness (QED) is 0.888. The third-order valence-corrected chi connectivity index (χ3v) is 3.66. The Morgan fingerprint density at radius 2 is 2.12 bits per heavy atom. The predicted molar refractivity (Wildman–Crippen MR) is 68.9 cm³/mol. The normalized spacial score (nSPS) is 10.5. The van der Waals surface area contributed by atoms with Crippen molar-refractivity contribution in [3.63, 3.8) is 0 Å². The van der Waals surface area contributed by atoms with Crippen LogP contribution in [0.25, 0.3) is 10.6 Å². The van der Waals surface area contributed by atoms with E-state index in [0.717, 1.165) is 4.88 Å². The monoisotopic (exact) mass is 288 g/mol. The topological polar surface area (TPSA) is 76.2 Å². The second-order valence-corrected chi connectivity index (χ2v) is 5.26. The number of aromatic nitrogens is 1. The van der Waals surface area contributed by atoms with Crippen LogP contribution in [0, 0.1) is 0 Å². The Morgan fingerprint density at radius 1 is 1.41 bits per heavy atom. The summed E-state index contributed by atoms with van der Waals surface area (Å²) < 4.78 is 0.590. The number of aromatic carboxylic acids is 1. The van der Waals surface area contributed by atoms with Gasteiger partial charge in [-0.15, -0.1) is 11.3 Å². The molecule has 17 heavy (non-hydrogen) atoms. The summed E-state index contributed by atoms with van der Waals surface area (Å²) in [6.07, 6.45) is 0. The number of rotatable bonds is 2. The van der Waals surface area contributed by atoms with Crippen molar-refractivity contribution >= 4 is 46.2 Å². The van der Waals surface area contributed by atoms with E-state index in [1.807, 2.05) is 0 Å². The third-order valence-electron chi connectivity index (χ3n) is 2.01. The zero-order valence-corrected chi connectivity index (χ0v) is 10.6. The number of nitrogen functional groups attached to an aromatic ring is 1. The Morgan fingerprint density at radius 3 is 2.65 bits per heavy atom. The Labute approximate surface area is 111 Å². The fourth-order valence-corrected chi connectivity index (χ4v) is 2.45. The number of carboxylic acids is 1. The van der Waals surface area contributed by atoms with Gasteiger partial charge in [-0.1, -0.05) is 23.2 Å². The predicted octanol–water partition coefficient (Wildman–Crippen LogP) is 3.40. The average molecular weight is 289 g/mol. The van der Waals surface area contributed by atoms with E-state index in [0.29, 0.717) is 10.0 Å². The summed E-state index contributed by atoms with van der Waals surface area (Å²) in [5, 5.41) is 8.89. The van der Waals surface area contributed by atoms with Crippen LogP contribution in [0.1, 0.15) is 10.5 Å². The number of halogens is 2. The van der Waals surface area contributed by atoms with Gasteiger partial charge < -0.3 is 10.8 Å². The van der Waals surface area contributed by atoms with E-state index in [2.05, 4.69) is 4.98 Å². The summed E-state index contributed by atoms with van der Waals surface area (Å²) >= 11 is 12.8. The molecular formula is C10H6Cl2N2O2S. The van der Waals surface area contributed by atoms with Crippen LogP contribution in [0.5, 0.6) is 0 Å². The second kappa shape index (κ2) is 4.52. The number of anilines is 1. The van der Waals surface area contributed by atoms with Gasteiger partial charge in [0.15, 0.2) is 5.69 Å². The van der Waals surface area contributed by atoms with Crippen LogP contribution in [0.15, 0.2) is 18.2 Å². The highest BCUT2D eigenvalue weighted by Gasteiger charge is 2.16. The number of hydrogen-bond acceptors (Lipinski definition) is 4. The number of nitrogens with zero attached hydrogens (tertiary/aromatic N) is 1. The van der Waals surface area contributed by atoms with E-state index < -0.39 is 5.97 Å². The largest absolute Gasteiger partial charge is 0.476 e. The molecule has 0 aromatic carbocycles. The lowest BCUT2D eigenvalue weighted by molar-refractivity contribution is 0.0691. The van der Waals surface area contributed by atoms with Crippen molar-refractivity contribution in [1.29, 1.82) is 0 Å². The number of carboxylic acid groups (broad SMARTS) is 1. The zero-order valence-electron chi connectivity index (χ0n) is 8.28. The lowest BCUT2D eigenvalue weighted by Gasteiger charge is -2.05. The van der Waals surface area contributed by atoms with Crippen molar-refractivity contribution in [2.45, 2.75) is 0 Å². The summed E-state index contributed by atoms with van der Waals surface area (Å²) in [6, 6.07) is 4.97. The zero-order chi connectivity index (χ0) is 12.6. The number of hydrogen-bond donors (Lipinski definition) is 2. The molecule has 0 unspecified atom stereocenters. The molecule has 0 radical (unpaired) electrons. The molecule has 4 nitrogen and oxygen atoms in total. The number of nitrogens with two attached hydrogens (primary N) is 1. The Kier molecular flexibility index (Phi) is 3.24. The van der Waals surface area contributed by atoms with E-state index in [-0.39, 0.29) is 16.4 Å². The van der Waals surface area contributed by atoms with Gasteiger partial charge in [0.1, 0.15) is 0 Å². The van der Waals surface area contributed by atoms with Crippen molar-refractivity contribution < 1.29 is 9.90 Å². The third kappa shape index (κ3) is 2.36. The van der Waals surface area contributed by atoms with Crippen LogP contribution in [-0.2, 0) is 0 Å². The molecule has 7 heteroatoms. The van der Waals surface area contributed by atoms with Crippen molar-refractivity contribution in [1.82, 2.24) is 4.98 Å². The molecule has 3 N–H and O–H groups in total. The first-order chi connectivity index (χ1) is 7.99. The molecule has 0 aliphatic heterocycles. The van der Waals surface area contributed by atoms with Gasteiger partial charge in [0, 0.05) is 0 Å². The molecule has 2 heterocycles. The maximum Gasteiger partial charge on any atom is 0.356 e. The highest BCUT2D eigenvalue weighted by atomic mass is 35.5. The van der Waals surface area contributed by atoms with Gasteiger partial charge in [-0.2, -0.15) is 0 Å². The van der Waals surface area contributed by atoms with Crippen LogP contribution < -0.4 is 5.73 Å². The maximum atomic E-state index is 10.9. The fraction of sp³-hybridized carbons (Fsp3) is 0. The molecule has 2 aromatic rings. The SMILES string of the molecule is Nc1cc(-c2ccc(Cl)s2)nc(C(=O)O)c1Cl. The van der Waals surface area contributed by atoms with Gasteiger partial charge in [-0.25, -0.2) is 9.78 Å². The highest BCUT2D eigenvalue weighted by molar-refractivity contribution is 7.19. The molecule has 2 rings (SSSR count). The van der Waals surface area contributed by atoms with E-state index >= 15 is 0 Å². The second-order valence-electron chi connectivity index (χ2n) is 3.17. The van der Waals surface area contributed by atoms with Gasteiger partial charge >= 0.3 is 5.97 Å². The van der Waals surface area contributed by atoms with Crippen molar-refractivity contribution in [3.05, 3.63) is 33.3 Å². The number of carbonyl (C=O) groups is 1. The molecule has 0 bridgehead atoms. The van der Waals surface area contributed by atoms with Gasteiger partial charge in [-0.3, -0.25) is 0 Å². The molecule has 0 amide bonds. The molecule has 0 fully saturated rings. The summed E-state index contributed by atoms with van der Waals surface area (Å²) in [5.41, 5.74) is 6.01. The van der Waals surface area contributed by atoms with Crippen molar-refractivity contribution in [2.24, 2.45) is 0 Å². The summed E-state index contributed by atoms with van der Waals surface area (Å²) in [7, 11) is 0. The van der Waals surface area contributed by atoms with Gasteiger partial charge in [0.2, 0.25) is 0 Å². The first-order valence-electron chi connectivity index (χ1n) is 4.44. The highest BCUT2D eigenvalue weighted by Crippen LogP contribution is 2.33. The minimum Gasteiger partial charge on any atom is -0.476 e. The van der Waals surface area contributed by atoms with E-state index in [9.17, 15) is 4.79 Å². The fourth-order valence-electron chi connectivity index (χ4n) is 1.27.